The molecule has 0 saturated heterocycles. The summed E-state index contributed by atoms with van der Waals surface area (Å²) in [7, 11) is -0.786. The summed E-state index contributed by atoms with van der Waals surface area (Å²) in [5, 5.41) is 2.92. The summed E-state index contributed by atoms with van der Waals surface area (Å²) in [4.78, 5) is 12.7. The predicted molar refractivity (Wildman–Crippen MR) is 114 cm³/mol. The highest BCUT2D eigenvalue weighted by atomic mass is 32.2. The van der Waals surface area contributed by atoms with Gasteiger partial charge in [0.2, 0.25) is 15.9 Å². The van der Waals surface area contributed by atoms with E-state index < -0.39 is 15.9 Å². The van der Waals surface area contributed by atoms with Crippen LogP contribution in [-0.4, -0.2) is 41.3 Å². The molecular weight excluding hydrogens is 392 g/mol. The van der Waals surface area contributed by atoms with E-state index in [0.29, 0.717) is 17.9 Å². The molecule has 0 aliphatic heterocycles. The average molecular weight is 421 g/mol. The molecule has 1 N–H and O–H groups in total. The number of carbonyl (C=O) groups excluding carboxylic acids is 1. The number of carbonyl (C=O) groups is 1. The van der Waals surface area contributed by atoms with Crippen molar-refractivity contribution in [2.24, 2.45) is 0 Å². The Kier molecular flexibility index (Phi) is 7.50. The normalized spacial score (nSPS) is 12.2. The Balaban J connectivity index is 2.26. The molecule has 1 atom stereocenters. The van der Waals surface area contributed by atoms with Crippen LogP contribution in [0.1, 0.15) is 30.5 Å². The maximum atomic E-state index is 12.7. The van der Waals surface area contributed by atoms with Gasteiger partial charge in [-0.05, 0) is 31.0 Å². The van der Waals surface area contributed by atoms with Crippen LogP contribution in [0.4, 0.5) is 5.69 Å². The quantitative estimate of drug-likeness (QED) is 0.674. The second-order valence-corrected chi connectivity index (χ2v) is 8.65. The Hall–Kier alpha value is -2.74. The fraction of sp³-hybridized carbons (Fsp3) is 0.381. The maximum Gasteiger partial charge on any atom is 0.241 e. The Morgan fingerprint density at radius 3 is 2.28 bits per heavy atom. The third-order valence-corrected chi connectivity index (χ3v) is 5.69. The van der Waals surface area contributed by atoms with Gasteiger partial charge in [0.1, 0.15) is 18.0 Å². The zero-order valence-electron chi connectivity index (χ0n) is 17.4. The highest BCUT2D eigenvalue weighted by Crippen LogP contribution is 2.33. The first-order chi connectivity index (χ1) is 13.7. The number of rotatable bonds is 9. The summed E-state index contributed by atoms with van der Waals surface area (Å²) in [5.41, 5.74) is 2.37. The molecule has 0 spiro atoms. The van der Waals surface area contributed by atoms with Crippen LogP contribution in [0.25, 0.3) is 0 Å². The van der Waals surface area contributed by atoms with E-state index in [0.717, 1.165) is 21.7 Å². The van der Waals surface area contributed by atoms with Gasteiger partial charge in [0.25, 0.3) is 0 Å². The molecule has 0 heterocycles. The number of anilines is 1. The zero-order chi connectivity index (χ0) is 21.6. The molecule has 0 radical (unpaired) electrons. The van der Waals surface area contributed by atoms with Crippen LogP contribution in [-0.2, 0) is 14.8 Å². The van der Waals surface area contributed by atoms with E-state index in [4.69, 9.17) is 9.47 Å². The first-order valence-electron chi connectivity index (χ1n) is 9.25. The number of hydrogen-bond donors (Lipinski definition) is 1. The molecule has 0 unspecified atom stereocenters. The van der Waals surface area contributed by atoms with Crippen LogP contribution in [0.2, 0.25) is 0 Å². The van der Waals surface area contributed by atoms with Crippen molar-refractivity contribution in [3.05, 3.63) is 53.6 Å². The van der Waals surface area contributed by atoms with Crippen LogP contribution in [0.5, 0.6) is 11.5 Å². The van der Waals surface area contributed by atoms with Crippen molar-refractivity contribution >= 4 is 21.6 Å². The van der Waals surface area contributed by atoms with E-state index in [1.807, 2.05) is 38.1 Å². The molecule has 2 rings (SSSR count). The molecule has 0 aliphatic carbocycles. The van der Waals surface area contributed by atoms with Gasteiger partial charge in [0.15, 0.2) is 0 Å². The number of hydrogen-bond acceptors (Lipinski definition) is 5. The van der Waals surface area contributed by atoms with Crippen molar-refractivity contribution in [2.75, 3.05) is 31.3 Å². The third-order valence-electron chi connectivity index (χ3n) is 4.57. The van der Waals surface area contributed by atoms with E-state index in [-0.39, 0.29) is 18.3 Å². The Labute approximate surface area is 172 Å². The van der Waals surface area contributed by atoms with Crippen molar-refractivity contribution in [3.8, 4) is 11.5 Å². The van der Waals surface area contributed by atoms with Gasteiger partial charge in [-0.3, -0.25) is 9.10 Å². The summed E-state index contributed by atoms with van der Waals surface area (Å²) in [6, 6.07) is 12.4. The monoisotopic (exact) mass is 420 g/mol. The van der Waals surface area contributed by atoms with E-state index >= 15 is 0 Å². The Bertz CT molecular complexity index is 942. The lowest BCUT2D eigenvalue weighted by Crippen LogP contribution is -2.41. The minimum Gasteiger partial charge on any atom is -0.497 e. The lowest BCUT2D eigenvalue weighted by Gasteiger charge is -2.25. The fourth-order valence-corrected chi connectivity index (χ4v) is 3.82. The molecule has 2 aromatic carbocycles. The van der Waals surface area contributed by atoms with Crippen molar-refractivity contribution in [2.45, 2.75) is 26.3 Å². The standard InChI is InChI=1S/C21H28N2O5S/c1-6-18(16-9-7-15(2)8-10-16)22-21(24)14-23(29(5,25)26)19-12-11-17(27-3)13-20(19)28-4/h7-13,18H,6,14H2,1-5H3,(H,22,24)/t18-/m0/s1. The smallest absolute Gasteiger partial charge is 0.241 e. The second kappa shape index (κ2) is 9.65. The average Bonchev–Trinajstić information content (AvgIpc) is 2.69. The molecule has 0 saturated carbocycles. The third kappa shape index (κ3) is 5.87. The molecule has 158 valence electrons. The Morgan fingerprint density at radius 1 is 1.10 bits per heavy atom. The SMILES string of the molecule is CC[C@H](NC(=O)CN(c1ccc(OC)cc1OC)S(C)(=O)=O)c1ccc(C)cc1. The van der Waals surface area contributed by atoms with E-state index in [1.165, 1.54) is 14.2 Å². The molecule has 8 heteroatoms. The van der Waals surface area contributed by atoms with Crippen molar-refractivity contribution in [3.63, 3.8) is 0 Å². The Morgan fingerprint density at radius 2 is 1.76 bits per heavy atom. The summed E-state index contributed by atoms with van der Waals surface area (Å²) >= 11 is 0. The van der Waals surface area contributed by atoms with Crippen LogP contribution in [0, 0.1) is 6.92 Å². The predicted octanol–water partition coefficient (Wildman–Crippen LogP) is 3.05. The van der Waals surface area contributed by atoms with Gasteiger partial charge >= 0.3 is 0 Å². The first kappa shape index (κ1) is 22.5. The van der Waals surface area contributed by atoms with Gasteiger partial charge in [-0.1, -0.05) is 36.8 Å². The summed E-state index contributed by atoms with van der Waals surface area (Å²) in [6.45, 7) is 3.60. The van der Waals surface area contributed by atoms with Gasteiger partial charge in [-0.15, -0.1) is 0 Å². The molecule has 0 aliphatic rings. The van der Waals surface area contributed by atoms with Crippen LogP contribution in [0.3, 0.4) is 0 Å². The number of aryl methyl sites for hydroxylation is 1. The first-order valence-corrected chi connectivity index (χ1v) is 11.1. The minimum absolute atomic E-state index is 0.206. The topological polar surface area (TPSA) is 84.9 Å². The fourth-order valence-electron chi connectivity index (χ4n) is 2.96. The summed E-state index contributed by atoms with van der Waals surface area (Å²) in [5.74, 6) is 0.419. The number of sulfonamides is 1. The van der Waals surface area contributed by atoms with E-state index in [2.05, 4.69) is 5.32 Å². The van der Waals surface area contributed by atoms with E-state index in [9.17, 15) is 13.2 Å². The lowest BCUT2D eigenvalue weighted by molar-refractivity contribution is -0.120. The highest BCUT2D eigenvalue weighted by molar-refractivity contribution is 7.92. The van der Waals surface area contributed by atoms with Crippen molar-refractivity contribution in [1.29, 1.82) is 0 Å². The highest BCUT2D eigenvalue weighted by Gasteiger charge is 2.25. The van der Waals surface area contributed by atoms with Gasteiger partial charge < -0.3 is 14.8 Å². The number of amides is 1. The molecule has 1 amide bonds. The van der Waals surface area contributed by atoms with Crippen molar-refractivity contribution in [1.82, 2.24) is 5.32 Å². The molecular formula is C21H28N2O5S. The molecule has 0 fully saturated rings. The number of ether oxygens (including phenoxy) is 2. The number of nitrogens with zero attached hydrogens (tertiary/aromatic N) is 1. The largest absolute Gasteiger partial charge is 0.497 e. The molecule has 0 aromatic heterocycles. The minimum atomic E-state index is -3.73. The van der Waals surface area contributed by atoms with E-state index in [1.54, 1.807) is 18.2 Å². The van der Waals surface area contributed by atoms with Gasteiger partial charge in [0.05, 0.1) is 32.2 Å². The van der Waals surface area contributed by atoms with Crippen LogP contribution < -0.4 is 19.1 Å². The van der Waals surface area contributed by atoms with Gasteiger partial charge in [-0.2, -0.15) is 0 Å². The van der Waals surface area contributed by atoms with Gasteiger partial charge in [-0.25, -0.2) is 8.42 Å². The summed E-state index contributed by atoms with van der Waals surface area (Å²) in [6.07, 6.45) is 1.74. The number of nitrogens with one attached hydrogen (secondary N) is 1. The number of methoxy groups -OCH3 is 2. The molecule has 0 bridgehead atoms. The number of benzene rings is 2. The zero-order valence-corrected chi connectivity index (χ0v) is 18.2. The van der Waals surface area contributed by atoms with Crippen LogP contribution >= 0.6 is 0 Å². The maximum absolute atomic E-state index is 12.7. The van der Waals surface area contributed by atoms with Gasteiger partial charge in [0, 0.05) is 6.07 Å². The lowest BCUT2D eigenvalue weighted by atomic mass is 10.0. The van der Waals surface area contributed by atoms with Crippen molar-refractivity contribution < 1.29 is 22.7 Å². The van der Waals surface area contributed by atoms with Crippen LogP contribution in [0.15, 0.2) is 42.5 Å². The molecule has 7 nitrogen and oxygen atoms in total. The second-order valence-electron chi connectivity index (χ2n) is 6.75. The molecule has 29 heavy (non-hydrogen) atoms. The summed E-state index contributed by atoms with van der Waals surface area (Å²) < 4.78 is 36.3. The molecule has 2 aromatic rings.